The van der Waals surface area contributed by atoms with Crippen molar-refractivity contribution >= 4 is 23.7 Å². The third-order valence-corrected chi connectivity index (χ3v) is 4.51. The maximum atomic E-state index is 12.6. The van der Waals surface area contributed by atoms with Gasteiger partial charge in [0.1, 0.15) is 0 Å². The smallest absolute Gasteiger partial charge is 0.265 e. The van der Waals surface area contributed by atoms with Crippen molar-refractivity contribution in [3.63, 3.8) is 0 Å². The summed E-state index contributed by atoms with van der Waals surface area (Å²) in [4.78, 5) is 12.6. The number of nitrogens with zero attached hydrogens (tertiary/aromatic N) is 3. The Morgan fingerprint density at radius 1 is 0.931 bits per heavy atom. The van der Waals surface area contributed by atoms with Gasteiger partial charge in [-0.1, -0.05) is 72.3 Å². The molecule has 5 nitrogen and oxygen atoms in total. The number of aromatic nitrogens is 2. The Labute approximate surface area is 173 Å². The molecule has 4 aromatic rings. The Bertz CT molecular complexity index is 1080. The van der Waals surface area contributed by atoms with Crippen molar-refractivity contribution < 1.29 is 4.79 Å². The summed E-state index contributed by atoms with van der Waals surface area (Å²) in [5.74, 6) is -0.387. The Balaban J connectivity index is 1.61. The van der Waals surface area contributed by atoms with Crippen LogP contribution in [0.5, 0.6) is 0 Å². The van der Waals surface area contributed by atoms with Crippen LogP contribution >= 0.6 is 11.6 Å². The monoisotopic (exact) mass is 400 g/mol. The Morgan fingerprint density at radius 3 is 2.28 bits per heavy atom. The molecular weight excluding hydrogens is 384 g/mol. The number of para-hydroxylation sites is 1. The van der Waals surface area contributed by atoms with E-state index < -0.39 is 0 Å². The van der Waals surface area contributed by atoms with Crippen LogP contribution in [0.25, 0.3) is 16.9 Å². The highest BCUT2D eigenvalue weighted by atomic mass is 35.5. The van der Waals surface area contributed by atoms with Crippen LogP contribution in [0.3, 0.4) is 0 Å². The van der Waals surface area contributed by atoms with Gasteiger partial charge < -0.3 is 0 Å². The molecule has 0 atom stereocenters. The molecule has 0 aliphatic rings. The van der Waals surface area contributed by atoms with Gasteiger partial charge in [-0.15, -0.1) is 0 Å². The number of carbonyl (C=O) groups is 1. The number of amides is 1. The minimum Gasteiger partial charge on any atom is -0.265 e. The van der Waals surface area contributed by atoms with Crippen molar-refractivity contribution in [1.29, 1.82) is 0 Å². The second-order valence-electron chi connectivity index (χ2n) is 6.28. The lowest BCUT2D eigenvalue weighted by atomic mass is 10.1. The van der Waals surface area contributed by atoms with Crippen LogP contribution < -0.4 is 5.43 Å². The minimum absolute atomic E-state index is 0.279. The molecular formula is C23H17ClN4O. The highest BCUT2D eigenvalue weighted by Crippen LogP contribution is 2.23. The summed E-state index contributed by atoms with van der Waals surface area (Å²) >= 11 is 5.87. The molecule has 0 unspecified atom stereocenters. The summed E-state index contributed by atoms with van der Waals surface area (Å²) in [7, 11) is 0. The second kappa shape index (κ2) is 8.54. The quantitative estimate of drug-likeness (QED) is 0.380. The third kappa shape index (κ3) is 4.42. The van der Waals surface area contributed by atoms with Gasteiger partial charge >= 0.3 is 0 Å². The lowest BCUT2D eigenvalue weighted by Crippen LogP contribution is -2.18. The maximum absolute atomic E-state index is 12.6. The van der Waals surface area contributed by atoms with Crippen molar-refractivity contribution in [2.24, 2.45) is 5.10 Å². The molecule has 0 aliphatic heterocycles. The molecule has 0 fully saturated rings. The molecule has 1 N–H and O–H groups in total. The van der Waals surface area contributed by atoms with E-state index in [0.717, 1.165) is 22.5 Å². The van der Waals surface area contributed by atoms with Gasteiger partial charge in [0.2, 0.25) is 0 Å². The molecule has 0 radical (unpaired) electrons. The summed E-state index contributed by atoms with van der Waals surface area (Å²) in [6.45, 7) is 0. The van der Waals surface area contributed by atoms with Crippen LogP contribution in [-0.2, 0) is 0 Å². The number of carbonyl (C=O) groups excluding carboxylic acids is 1. The Hall–Kier alpha value is -3.70. The molecule has 1 heterocycles. The number of hydrazone groups is 1. The van der Waals surface area contributed by atoms with E-state index in [1.165, 1.54) is 0 Å². The van der Waals surface area contributed by atoms with Gasteiger partial charge in [-0.2, -0.15) is 10.2 Å². The molecule has 0 saturated carbocycles. The van der Waals surface area contributed by atoms with E-state index in [1.54, 1.807) is 29.1 Å². The van der Waals surface area contributed by atoms with Crippen molar-refractivity contribution in [2.45, 2.75) is 0 Å². The van der Waals surface area contributed by atoms with Gasteiger partial charge in [0.05, 0.1) is 17.6 Å². The van der Waals surface area contributed by atoms with Gasteiger partial charge in [0.15, 0.2) is 5.69 Å². The molecule has 6 heteroatoms. The zero-order chi connectivity index (χ0) is 20.1. The molecule has 1 aromatic heterocycles. The van der Waals surface area contributed by atoms with Crippen LogP contribution in [0.15, 0.2) is 96.1 Å². The zero-order valence-electron chi connectivity index (χ0n) is 15.4. The van der Waals surface area contributed by atoms with Gasteiger partial charge in [-0.25, -0.2) is 10.1 Å². The maximum Gasteiger partial charge on any atom is 0.291 e. The third-order valence-electron chi connectivity index (χ3n) is 4.26. The van der Waals surface area contributed by atoms with Crippen molar-refractivity contribution in [3.8, 4) is 16.9 Å². The molecule has 142 valence electrons. The fourth-order valence-electron chi connectivity index (χ4n) is 2.84. The van der Waals surface area contributed by atoms with E-state index in [0.29, 0.717) is 5.02 Å². The van der Waals surface area contributed by atoms with Crippen LogP contribution in [0.1, 0.15) is 16.1 Å². The summed E-state index contributed by atoms with van der Waals surface area (Å²) < 4.78 is 1.76. The van der Waals surface area contributed by atoms with Crippen LogP contribution in [0.2, 0.25) is 5.02 Å². The predicted octanol–water partition coefficient (Wildman–Crippen LogP) is 4.96. The van der Waals surface area contributed by atoms with Crippen molar-refractivity contribution in [2.75, 3.05) is 0 Å². The predicted molar refractivity (Wildman–Crippen MR) is 116 cm³/mol. The number of rotatable bonds is 5. The molecule has 29 heavy (non-hydrogen) atoms. The molecule has 1 amide bonds. The van der Waals surface area contributed by atoms with Gasteiger partial charge in [-0.3, -0.25) is 4.79 Å². The summed E-state index contributed by atoms with van der Waals surface area (Å²) in [5.41, 5.74) is 6.29. The fourth-order valence-corrected chi connectivity index (χ4v) is 2.97. The highest BCUT2D eigenvalue weighted by molar-refractivity contribution is 6.30. The van der Waals surface area contributed by atoms with Crippen molar-refractivity contribution in [3.05, 3.63) is 107 Å². The van der Waals surface area contributed by atoms with E-state index >= 15 is 0 Å². The largest absolute Gasteiger partial charge is 0.291 e. The molecule has 0 bridgehead atoms. The number of nitrogens with one attached hydrogen (secondary N) is 1. The lowest BCUT2D eigenvalue weighted by Gasteiger charge is -2.07. The van der Waals surface area contributed by atoms with Crippen molar-refractivity contribution in [1.82, 2.24) is 15.2 Å². The van der Waals surface area contributed by atoms with Gasteiger partial charge in [-0.05, 0) is 35.9 Å². The average molecular weight is 401 g/mol. The summed E-state index contributed by atoms with van der Waals surface area (Å²) in [5, 5.41) is 9.17. The number of halogens is 1. The summed E-state index contributed by atoms with van der Waals surface area (Å²) in [6.07, 6.45) is 1.56. The van der Waals surface area contributed by atoms with Gasteiger partial charge in [0, 0.05) is 10.6 Å². The lowest BCUT2D eigenvalue weighted by molar-refractivity contribution is 0.0949. The number of hydrogen-bond acceptors (Lipinski definition) is 3. The van der Waals surface area contributed by atoms with E-state index in [4.69, 9.17) is 11.6 Å². The van der Waals surface area contributed by atoms with E-state index in [-0.39, 0.29) is 11.6 Å². The standard InChI is InChI=1S/C23H17ClN4O/c24-19-13-11-17(12-14-19)16-25-26-23(29)21-15-22(18-7-3-1-4-8-18)28(27-21)20-9-5-2-6-10-20/h1-16H,(H,26,29). The first-order valence-corrected chi connectivity index (χ1v) is 9.38. The molecule has 3 aromatic carbocycles. The van der Waals surface area contributed by atoms with Crippen LogP contribution in [-0.4, -0.2) is 21.9 Å². The Kier molecular flexibility index (Phi) is 5.49. The van der Waals surface area contributed by atoms with E-state index in [1.807, 2.05) is 72.8 Å². The topological polar surface area (TPSA) is 59.3 Å². The number of hydrogen-bond donors (Lipinski definition) is 1. The summed E-state index contributed by atoms with van der Waals surface area (Å²) in [6, 6.07) is 28.4. The zero-order valence-corrected chi connectivity index (χ0v) is 16.1. The molecule has 0 aliphatic carbocycles. The highest BCUT2D eigenvalue weighted by Gasteiger charge is 2.16. The Morgan fingerprint density at radius 2 is 1.59 bits per heavy atom. The molecule has 0 spiro atoms. The van der Waals surface area contributed by atoms with Gasteiger partial charge in [0.25, 0.3) is 5.91 Å². The first-order chi connectivity index (χ1) is 14.2. The first kappa shape index (κ1) is 18.7. The molecule has 4 rings (SSSR count). The van der Waals surface area contributed by atoms with Crippen LogP contribution in [0.4, 0.5) is 0 Å². The normalized spacial score (nSPS) is 10.9. The molecule has 0 saturated heterocycles. The SMILES string of the molecule is O=C(NN=Cc1ccc(Cl)cc1)c1cc(-c2ccccc2)n(-c2ccccc2)n1. The van der Waals surface area contributed by atoms with Crippen LogP contribution in [0, 0.1) is 0 Å². The number of benzene rings is 3. The van der Waals surface area contributed by atoms with E-state index in [2.05, 4.69) is 15.6 Å². The fraction of sp³-hybridized carbons (Fsp3) is 0. The average Bonchev–Trinajstić information content (AvgIpc) is 3.22. The second-order valence-corrected chi connectivity index (χ2v) is 6.72. The first-order valence-electron chi connectivity index (χ1n) is 9.00. The minimum atomic E-state index is -0.387. The van der Waals surface area contributed by atoms with E-state index in [9.17, 15) is 4.79 Å².